The number of carbonyl (C=O) groups is 3. The molecule has 1 heterocycles. The number of Topliss-reactive ketones (excluding diaryl/α,β-unsaturated/α-hetero) is 1. The van der Waals surface area contributed by atoms with Crippen molar-refractivity contribution in [1.29, 1.82) is 0 Å². The summed E-state index contributed by atoms with van der Waals surface area (Å²) in [5, 5.41) is 31.7. The monoisotopic (exact) mass is 547 g/mol. The molecular formula is C30H45NO8. The second-order valence-electron chi connectivity index (χ2n) is 12.3. The summed E-state index contributed by atoms with van der Waals surface area (Å²) in [5.41, 5.74) is -1.05. The molecule has 4 aliphatic carbocycles. The standard InChI is InChI=1S/C25H34O6.C5H11NO2/c1-4-5-21-30-20-11-17-16-7-6-14-10-15(27)8-9-23(14,2)22(16)18(28)12-24(17,3)25(20,31-21)19(29)13-26;1-2-3-4-6-5(7)8/h8-10,16-18,20-22,26,28H,4-7,11-13H2,1-3H3;6H,2-4H2,1H3,(H,7,8)/t16-,17-,18-,20+,21?,22+,23-,24-,25+;/m0./s1. The number of hydrogen-bond donors (Lipinski definition) is 4. The summed E-state index contributed by atoms with van der Waals surface area (Å²) in [7, 11) is 0. The number of unbranched alkanes of at least 4 members (excludes halogenated alkanes) is 1. The van der Waals surface area contributed by atoms with Crippen LogP contribution in [0.2, 0.25) is 0 Å². The molecule has 4 N–H and O–H groups in total. The van der Waals surface area contributed by atoms with Gasteiger partial charge in [-0.15, -0.1) is 0 Å². The van der Waals surface area contributed by atoms with Gasteiger partial charge in [-0.25, -0.2) is 4.79 Å². The Hall–Kier alpha value is -2.07. The Kier molecular flexibility index (Phi) is 8.76. The van der Waals surface area contributed by atoms with Crippen molar-refractivity contribution in [3.8, 4) is 0 Å². The first kappa shape index (κ1) is 29.9. The molecule has 218 valence electrons. The van der Waals surface area contributed by atoms with Crippen LogP contribution < -0.4 is 5.32 Å². The van der Waals surface area contributed by atoms with Crippen LogP contribution in [0.4, 0.5) is 4.79 Å². The van der Waals surface area contributed by atoms with Crippen molar-refractivity contribution >= 4 is 17.7 Å². The van der Waals surface area contributed by atoms with Gasteiger partial charge in [-0.3, -0.25) is 9.59 Å². The lowest BCUT2D eigenvalue weighted by Crippen LogP contribution is -2.63. The topological polar surface area (TPSA) is 142 Å². The highest BCUT2D eigenvalue weighted by molar-refractivity contribution is 6.01. The van der Waals surface area contributed by atoms with E-state index in [0.717, 1.165) is 37.7 Å². The third-order valence-corrected chi connectivity index (χ3v) is 10.2. The molecule has 0 aromatic rings. The molecule has 1 amide bonds. The lowest BCUT2D eigenvalue weighted by atomic mass is 9.46. The summed E-state index contributed by atoms with van der Waals surface area (Å²) < 4.78 is 12.7. The molecule has 4 fully saturated rings. The Balaban J connectivity index is 0.000000386. The van der Waals surface area contributed by atoms with Crippen molar-refractivity contribution < 1.29 is 39.2 Å². The van der Waals surface area contributed by atoms with E-state index in [-0.39, 0.29) is 34.7 Å². The zero-order chi connectivity index (χ0) is 28.6. The predicted molar refractivity (Wildman–Crippen MR) is 144 cm³/mol. The van der Waals surface area contributed by atoms with Crippen LogP contribution in [0, 0.1) is 28.6 Å². The van der Waals surface area contributed by atoms with Crippen LogP contribution in [0.3, 0.4) is 0 Å². The fourth-order valence-electron chi connectivity index (χ4n) is 8.50. The average molecular weight is 548 g/mol. The van der Waals surface area contributed by atoms with Crippen LogP contribution in [-0.2, 0) is 19.1 Å². The number of carbonyl (C=O) groups excluding carboxylic acids is 2. The number of aliphatic hydroxyl groups is 2. The predicted octanol–water partition coefficient (Wildman–Crippen LogP) is 3.77. The second kappa shape index (κ2) is 11.4. The van der Waals surface area contributed by atoms with Crippen molar-refractivity contribution in [1.82, 2.24) is 5.32 Å². The van der Waals surface area contributed by atoms with Crippen LogP contribution in [-0.4, -0.2) is 70.2 Å². The van der Waals surface area contributed by atoms with Crippen LogP contribution >= 0.6 is 0 Å². The van der Waals surface area contributed by atoms with Gasteiger partial charge in [0.25, 0.3) is 0 Å². The Bertz CT molecular complexity index is 1020. The fraction of sp³-hybridized carbons (Fsp3) is 0.767. The van der Waals surface area contributed by atoms with Crippen LogP contribution in [0.25, 0.3) is 0 Å². The molecule has 3 saturated carbocycles. The summed E-state index contributed by atoms with van der Waals surface area (Å²) in [6, 6.07) is 0. The van der Waals surface area contributed by atoms with Gasteiger partial charge < -0.3 is 30.1 Å². The molecule has 9 atom stereocenters. The van der Waals surface area contributed by atoms with E-state index in [1.807, 2.05) is 13.0 Å². The Labute approximate surface area is 231 Å². The van der Waals surface area contributed by atoms with E-state index in [1.54, 1.807) is 12.2 Å². The number of carboxylic acid groups (broad SMARTS) is 1. The van der Waals surface area contributed by atoms with E-state index in [1.165, 1.54) is 0 Å². The molecule has 1 saturated heterocycles. The molecule has 9 nitrogen and oxygen atoms in total. The van der Waals surface area contributed by atoms with Crippen molar-refractivity contribution in [2.75, 3.05) is 13.2 Å². The van der Waals surface area contributed by atoms with E-state index in [9.17, 15) is 24.6 Å². The zero-order valence-electron chi connectivity index (χ0n) is 23.7. The largest absolute Gasteiger partial charge is 0.465 e. The van der Waals surface area contributed by atoms with Gasteiger partial charge in [0.1, 0.15) is 6.61 Å². The van der Waals surface area contributed by atoms with E-state index >= 15 is 0 Å². The number of fused-ring (bicyclic) bond motifs is 7. The normalized spacial score (nSPS) is 41.8. The van der Waals surface area contributed by atoms with Crippen molar-refractivity contribution in [3.05, 3.63) is 23.8 Å². The smallest absolute Gasteiger partial charge is 0.404 e. The summed E-state index contributed by atoms with van der Waals surface area (Å²) in [4.78, 5) is 35.0. The molecule has 39 heavy (non-hydrogen) atoms. The molecular weight excluding hydrogens is 502 g/mol. The molecule has 0 aromatic carbocycles. The van der Waals surface area contributed by atoms with E-state index in [2.05, 4.69) is 26.1 Å². The van der Waals surface area contributed by atoms with E-state index in [0.29, 0.717) is 25.8 Å². The Morgan fingerprint density at radius 3 is 2.59 bits per heavy atom. The molecule has 5 rings (SSSR count). The number of rotatable bonds is 7. The van der Waals surface area contributed by atoms with Gasteiger partial charge in [0, 0.05) is 23.3 Å². The van der Waals surface area contributed by atoms with Crippen LogP contribution in [0.5, 0.6) is 0 Å². The van der Waals surface area contributed by atoms with Crippen molar-refractivity contribution in [2.45, 2.75) is 103 Å². The zero-order valence-corrected chi connectivity index (χ0v) is 23.7. The maximum Gasteiger partial charge on any atom is 0.404 e. The molecule has 0 radical (unpaired) electrons. The van der Waals surface area contributed by atoms with Gasteiger partial charge >= 0.3 is 6.09 Å². The quantitative estimate of drug-likeness (QED) is 0.353. The number of amides is 1. The van der Waals surface area contributed by atoms with Gasteiger partial charge in [-0.05, 0) is 62.5 Å². The average Bonchev–Trinajstić information content (AvgIpc) is 3.36. The fourth-order valence-corrected chi connectivity index (χ4v) is 8.50. The second-order valence-corrected chi connectivity index (χ2v) is 12.3. The lowest BCUT2D eigenvalue weighted by Gasteiger charge is -2.59. The highest BCUT2D eigenvalue weighted by Crippen LogP contribution is 2.69. The summed E-state index contributed by atoms with van der Waals surface area (Å²) in [6.45, 7) is 8.27. The Morgan fingerprint density at radius 2 is 1.95 bits per heavy atom. The number of aliphatic hydroxyl groups excluding tert-OH is 2. The first-order valence-electron chi connectivity index (χ1n) is 14.5. The van der Waals surface area contributed by atoms with Crippen LogP contribution in [0.15, 0.2) is 23.8 Å². The van der Waals surface area contributed by atoms with Gasteiger partial charge in [0.2, 0.25) is 0 Å². The molecule has 5 aliphatic rings. The van der Waals surface area contributed by atoms with Gasteiger partial charge in [0.05, 0.1) is 12.2 Å². The number of nitrogens with one attached hydrogen (secondary N) is 1. The number of ketones is 2. The highest BCUT2D eigenvalue weighted by atomic mass is 16.7. The summed E-state index contributed by atoms with van der Waals surface area (Å²) in [5.74, 6) is 0.0274. The first-order valence-corrected chi connectivity index (χ1v) is 14.5. The minimum Gasteiger partial charge on any atom is -0.465 e. The molecule has 0 bridgehead atoms. The highest BCUT2D eigenvalue weighted by Gasteiger charge is 2.75. The number of ether oxygens (including phenoxy) is 2. The van der Waals surface area contributed by atoms with E-state index in [4.69, 9.17) is 14.6 Å². The number of hydrogen-bond acceptors (Lipinski definition) is 7. The summed E-state index contributed by atoms with van der Waals surface area (Å²) >= 11 is 0. The third kappa shape index (κ3) is 4.89. The van der Waals surface area contributed by atoms with Crippen LogP contribution in [0.1, 0.15) is 79.1 Å². The molecule has 1 unspecified atom stereocenters. The maximum absolute atomic E-state index is 13.2. The Morgan fingerprint density at radius 1 is 1.21 bits per heavy atom. The SMILES string of the molecule is CCCC1O[C@@H]2C[C@H]3[C@@H]4CCC5=CC(=O)C=C[C@]5(C)[C@H]4[C@@H](O)C[C@]3(C)[C@]2(C(=O)CO)O1.CCCCNC(=O)O. The minimum absolute atomic E-state index is 0.0125. The summed E-state index contributed by atoms with van der Waals surface area (Å²) in [6.07, 6.45) is 9.33. The third-order valence-electron chi connectivity index (χ3n) is 10.2. The molecule has 9 heteroatoms. The first-order chi connectivity index (χ1) is 18.5. The van der Waals surface area contributed by atoms with E-state index < -0.39 is 42.2 Å². The van der Waals surface area contributed by atoms with Crippen molar-refractivity contribution in [3.63, 3.8) is 0 Å². The molecule has 1 aliphatic heterocycles. The van der Waals surface area contributed by atoms with Gasteiger partial charge in [-0.1, -0.05) is 52.2 Å². The molecule has 0 spiro atoms. The minimum atomic E-state index is -1.20. The van der Waals surface area contributed by atoms with Gasteiger partial charge in [0.15, 0.2) is 23.5 Å². The van der Waals surface area contributed by atoms with Gasteiger partial charge in [-0.2, -0.15) is 0 Å². The molecule has 0 aromatic heterocycles. The lowest BCUT2D eigenvalue weighted by molar-refractivity contribution is -0.200. The maximum atomic E-state index is 13.2. The van der Waals surface area contributed by atoms with Crippen molar-refractivity contribution in [2.24, 2.45) is 28.6 Å². The number of allylic oxidation sites excluding steroid dienone is 4.